The lowest BCUT2D eigenvalue weighted by Gasteiger charge is -2.37. The maximum atomic E-state index is 13.9. The number of ether oxygens (including phenoxy) is 1. The summed E-state index contributed by atoms with van der Waals surface area (Å²) in [6, 6.07) is 3.59. The molecule has 1 heterocycles. The third-order valence-corrected chi connectivity index (χ3v) is 4.35. The van der Waals surface area contributed by atoms with Crippen molar-refractivity contribution >= 4 is 35.6 Å². The lowest BCUT2D eigenvalue weighted by Crippen LogP contribution is -2.52. The van der Waals surface area contributed by atoms with Crippen LogP contribution >= 0.6 is 24.0 Å². The molecule has 1 aromatic carbocycles. The molecular formula is C18H29F2IN4O. The van der Waals surface area contributed by atoms with Gasteiger partial charge in [-0.05, 0) is 31.4 Å². The number of anilines is 1. The van der Waals surface area contributed by atoms with Crippen LogP contribution in [0.2, 0.25) is 0 Å². The molecular weight excluding hydrogens is 453 g/mol. The van der Waals surface area contributed by atoms with Crippen LogP contribution in [-0.4, -0.2) is 64.3 Å². The van der Waals surface area contributed by atoms with Crippen LogP contribution in [0.4, 0.5) is 14.5 Å². The molecule has 0 spiro atoms. The maximum Gasteiger partial charge on any atom is 0.193 e. The zero-order valence-electron chi connectivity index (χ0n) is 15.5. The summed E-state index contributed by atoms with van der Waals surface area (Å²) in [6.07, 6.45) is 3.25. The molecule has 1 aliphatic heterocycles. The number of piperazine rings is 1. The van der Waals surface area contributed by atoms with Crippen LogP contribution < -0.4 is 10.2 Å². The summed E-state index contributed by atoms with van der Waals surface area (Å²) < 4.78 is 32.3. The van der Waals surface area contributed by atoms with Gasteiger partial charge in [-0.2, -0.15) is 0 Å². The minimum absolute atomic E-state index is 0. The molecule has 2 rings (SSSR count). The average molecular weight is 482 g/mol. The zero-order chi connectivity index (χ0) is 18.1. The van der Waals surface area contributed by atoms with E-state index in [9.17, 15) is 8.78 Å². The van der Waals surface area contributed by atoms with E-state index < -0.39 is 5.82 Å². The number of aliphatic imine (C=N–C) groups is 1. The lowest BCUT2D eigenvalue weighted by atomic mass is 10.2. The Labute approximate surface area is 171 Å². The lowest BCUT2D eigenvalue weighted by molar-refractivity contribution is 0.192. The number of hydrogen-bond acceptors (Lipinski definition) is 3. The average Bonchev–Trinajstić information content (AvgIpc) is 2.63. The Morgan fingerprint density at radius 1 is 1.15 bits per heavy atom. The van der Waals surface area contributed by atoms with Gasteiger partial charge in [0, 0.05) is 59.6 Å². The third kappa shape index (κ3) is 6.86. The topological polar surface area (TPSA) is 40.1 Å². The van der Waals surface area contributed by atoms with Crippen LogP contribution in [0, 0.1) is 11.6 Å². The third-order valence-electron chi connectivity index (χ3n) is 4.35. The van der Waals surface area contributed by atoms with Crippen molar-refractivity contribution in [3.8, 4) is 0 Å². The van der Waals surface area contributed by atoms with Crippen LogP contribution in [0.3, 0.4) is 0 Å². The van der Waals surface area contributed by atoms with E-state index in [4.69, 9.17) is 4.74 Å². The Bertz CT molecular complexity index is 566. The molecule has 26 heavy (non-hydrogen) atoms. The van der Waals surface area contributed by atoms with E-state index in [2.05, 4.69) is 15.2 Å². The van der Waals surface area contributed by atoms with Crippen molar-refractivity contribution in [1.82, 2.24) is 10.2 Å². The Hall–Kier alpha value is -1.16. The van der Waals surface area contributed by atoms with Gasteiger partial charge in [0.15, 0.2) is 5.96 Å². The minimum Gasteiger partial charge on any atom is -0.385 e. The summed E-state index contributed by atoms with van der Waals surface area (Å²) >= 11 is 0. The monoisotopic (exact) mass is 482 g/mol. The molecule has 1 N–H and O–H groups in total. The van der Waals surface area contributed by atoms with Crippen molar-refractivity contribution in [3.63, 3.8) is 0 Å². The van der Waals surface area contributed by atoms with Crippen molar-refractivity contribution in [1.29, 1.82) is 0 Å². The Balaban J connectivity index is 0.00000338. The van der Waals surface area contributed by atoms with E-state index >= 15 is 0 Å². The first-order valence-corrected chi connectivity index (χ1v) is 8.80. The van der Waals surface area contributed by atoms with E-state index in [0.717, 1.165) is 57.5 Å². The molecule has 1 fully saturated rings. The normalized spacial score (nSPS) is 15.0. The number of guanidine groups is 1. The molecule has 148 valence electrons. The molecule has 0 atom stereocenters. The van der Waals surface area contributed by atoms with Gasteiger partial charge in [0.2, 0.25) is 0 Å². The summed E-state index contributed by atoms with van der Waals surface area (Å²) in [5.41, 5.74) is 0.334. The highest BCUT2D eigenvalue weighted by atomic mass is 127. The van der Waals surface area contributed by atoms with Crippen LogP contribution in [0.15, 0.2) is 23.2 Å². The number of nitrogens with one attached hydrogen (secondary N) is 1. The molecule has 8 heteroatoms. The highest BCUT2D eigenvalue weighted by molar-refractivity contribution is 14.0. The first-order valence-electron chi connectivity index (χ1n) is 8.80. The Morgan fingerprint density at radius 2 is 1.88 bits per heavy atom. The number of halogens is 3. The molecule has 0 aliphatic carbocycles. The second kappa shape index (κ2) is 12.3. The van der Waals surface area contributed by atoms with Gasteiger partial charge in [0.05, 0.1) is 5.69 Å². The number of unbranched alkanes of at least 4 members (excludes halogenated alkanes) is 2. The molecule has 0 radical (unpaired) electrons. The van der Waals surface area contributed by atoms with Gasteiger partial charge in [-0.1, -0.05) is 0 Å². The molecule has 1 aromatic rings. The highest BCUT2D eigenvalue weighted by Crippen LogP contribution is 2.21. The standard InChI is InChI=1S/C18H28F2N4O.HI/c1-21-18(22-8-4-3-5-13-25-2)24-11-9-23(10-12-24)17-14-15(19)6-7-16(17)20;/h6-7,14H,3-5,8-13H2,1-2H3,(H,21,22);1H. The Kier molecular flexibility index (Phi) is 10.8. The molecule has 1 aliphatic rings. The molecule has 0 bridgehead atoms. The fourth-order valence-corrected chi connectivity index (χ4v) is 2.97. The minimum atomic E-state index is -0.412. The van der Waals surface area contributed by atoms with Gasteiger partial charge in [0.25, 0.3) is 0 Å². The van der Waals surface area contributed by atoms with Crippen LogP contribution in [0.25, 0.3) is 0 Å². The van der Waals surface area contributed by atoms with Gasteiger partial charge in [-0.25, -0.2) is 8.78 Å². The zero-order valence-corrected chi connectivity index (χ0v) is 17.8. The number of nitrogens with zero attached hydrogens (tertiary/aromatic N) is 3. The second-order valence-electron chi connectivity index (χ2n) is 6.10. The molecule has 0 saturated carbocycles. The first-order chi connectivity index (χ1) is 12.2. The molecule has 0 unspecified atom stereocenters. The number of rotatable bonds is 7. The molecule has 0 amide bonds. The Morgan fingerprint density at radius 3 is 2.54 bits per heavy atom. The van der Waals surface area contributed by atoms with E-state index in [1.165, 1.54) is 12.1 Å². The van der Waals surface area contributed by atoms with Crippen molar-refractivity contribution in [3.05, 3.63) is 29.8 Å². The van der Waals surface area contributed by atoms with Crippen molar-refractivity contribution in [2.45, 2.75) is 19.3 Å². The van der Waals surface area contributed by atoms with E-state index in [1.54, 1.807) is 14.2 Å². The van der Waals surface area contributed by atoms with Gasteiger partial charge in [-0.3, -0.25) is 4.99 Å². The molecule has 5 nitrogen and oxygen atoms in total. The predicted octanol–water partition coefficient (Wildman–Crippen LogP) is 3.10. The van der Waals surface area contributed by atoms with Crippen molar-refractivity contribution in [2.24, 2.45) is 4.99 Å². The van der Waals surface area contributed by atoms with Gasteiger partial charge in [-0.15, -0.1) is 24.0 Å². The number of benzene rings is 1. The van der Waals surface area contributed by atoms with Gasteiger partial charge >= 0.3 is 0 Å². The fourth-order valence-electron chi connectivity index (χ4n) is 2.97. The summed E-state index contributed by atoms with van der Waals surface area (Å²) in [4.78, 5) is 8.37. The predicted molar refractivity (Wildman–Crippen MR) is 113 cm³/mol. The second-order valence-corrected chi connectivity index (χ2v) is 6.10. The van der Waals surface area contributed by atoms with Gasteiger partial charge < -0.3 is 19.9 Å². The van der Waals surface area contributed by atoms with Crippen LogP contribution in [0.1, 0.15) is 19.3 Å². The van der Waals surface area contributed by atoms with Crippen LogP contribution in [0.5, 0.6) is 0 Å². The summed E-state index contributed by atoms with van der Waals surface area (Å²) in [5, 5.41) is 3.37. The quantitative estimate of drug-likeness (QED) is 0.281. The summed E-state index contributed by atoms with van der Waals surface area (Å²) in [5.74, 6) is 0.0734. The van der Waals surface area contributed by atoms with Crippen molar-refractivity contribution in [2.75, 3.05) is 58.4 Å². The van der Waals surface area contributed by atoms with Gasteiger partial charge in [0.1, 0.15) is 11.6 Å². The van der Waals surface area contributed by atoms with Crippen molar-refractivity contribution < 1.29 is 13.5 Å². The number of methoxy groups -OCH3 is 1. The van der Waals surface area contributed by atoms with E-state index in [-0.39, 0.29) is 29.8 Å². The maximum absolute atomic E-state index is 13.9. The SMILES string of the molecule is CN=C(NCCCCCOC)N1CCN(c2cc(F)ccc2F)CC1.I. The summed E-state index contributed by atoms with van der Waals surface area (Å²) in [7, 11) is 3.49. The largest absolute Gasteiger partial charge is 0.385 e. The number of hydrogen-bond donors (Lipinski definition) is 1. The molecule has 1 saturated heterocycles. The van der Waals surface area contributed by atoms with E-state index in [0.29, 0.717) is 18.8 Å². The van der Waals surface area contributed by atoms with Crippen LogP contribution in [-0.2, 0) is 4.74 Å². The molecule has 0 aromatic heterocycles. The summed E-state index contributed by atoms with van der Waals surface area (Å²) in [6.45, 7) is 4.38. The fraction of sp³-hybridized carbons (Fsp3) is 0.611. The van der Waals surface area contributed by atoms with E-state index in [1.807, 2.05) is 4.90 Å². The highest BCUT2D eigenvalue weighted by Gasteiger charge is 2.21. The smallest absolute Gasteiger partial charge is 0.193 e. The first kappa shape index (κ1) is 22.9.